The van der Waals surface area contributed by atoms with Gasteiger partial charge in [0.1, 0.15) is 11.9 Å². The highest BCUT2D eigenvalue weighted by molar-refractivity contribution is 5.99. The van der Waals surface area contributed by atoms with Crippen molar-refractivity contribution in [2.45, 2.75) is 25.9 Å². The summed E-state index contributed by atoms with van der Waals surface area (Å²) < 4.78 is 5.25. The highest BCUT2D eigenvalue weighted by Gasteiger charge is 2.23. The molecule has 0 aliphatic carbocycles. The van der Waals surface area contributed by atoms with E-state index in [0.717, 1.165) is 18.4 Å². The Labute approximate surface area is 105 Å². The standard InChI is InChI=1S/C13H16N2O3/c1-9(10-4-6-11(16)7-5-10)14-15-13(17)12-3-2-8-18-12/h4-7,12,16H,2-3,8H2,1H3,(H,15,17)/b14-9+. The molecule has 2 rings (SSSR count). The van der Waals surface area contributed by atoms with Crippen molar-refractivity contribution >= 4 is 11.6 Å². The number of rotatable bonds is 3. The number of hydrogen-bond donors (Lipinski definition) is 2. The lowest BCUT2D eigenvalue weighted by molar-refractivity contribution is -0.130. The van der Waals surface area contributed by atoms with Crippen LogP contribution in [0.3, 0.4) is 0 Å². The molecule has 1 fully saturated rings. The van der Waals surface area contributed by atoms with Crippen LogP contribution < -0.4 is 5.43 Å². The van der Waals surface area contributed by atoms with Gasteiger partial charge in [-0.05, 0) is 49.6 Å². The summed E-state index contributed by atoms with van der Waals surface area (Å²) in [5.41, 5.74) is 4.03. The minimum absolute atomic E-state index is 0.203. The van der Waals surface area contributed by atoms with Gasteiger partial charge < -0.3 is 9.84 Å². The zero-order chi connectivity index (χ0) is 13.0. The van der Waals surface area contributed by atoms with E-state index in [-0.39, 0.29) is 17.8 Å². The average Bonchev–Trinajstić information content (AvgIpc) is 2.90. The van der Waals surface area contributed by atoms with Gasteiger partial charge in [0.15, 0.2) is 0 Å². The maximum Gasteiger partial charge on any atom is 0.269 e. The lowest BCUT2D eigenvalue weighted by Gasteiger charge is -2.07. The van der Waals surface area contributed by atoms with Crippen LogP contribution in [0.1, 0.15) is 25.3 Å². The number of ether oxygens (including phenoxy) is 1. The first-order valence-electron chi connectivity index (χ1n) is 5.92. The van der Waals surface area contributed by atoms with E-state index in [4.69, 9.17) is 4.74 Å². The maximum atomic E-state index is 11.7. The van der Waals surface area contributed by atoms with Crippen molar-refractivity contribution in [1.82, 2.24) is 5.43 Å². The number of benzene rings is 1. The molecule has 1 aliphatic heterocycles. The number of phenols is 1. The third kappa shape index (κ3) is 3.07. The molecule has 96 valence electrons. The lowest BCUT2D eigenvalue weighted by atomic mass is 10.1. The normalized spacial score (nSPS) is 19.8. The summed E-state index contributed by atoms with van der Waals surface area (Å²) in [6.45, 7) is 2.43. The second-order valence-electron chi connectivity index (χ2n) is 4.22. The smallest absolute Gasteiger partial charge is 0.269 e. The van der Waals surface area contributed by atoms with E-state index in [9.17, 15) is 9.90 Å². The van der Waals surface area contributed by atoms with E-state index in [1.165, 1.54) is 0 Å². The van der Waals surface area contributed by atoms with Gasteiger partial charge in [-0.2, -0.15) is 5.10 Å². The predicted molar refractivity (Wildman–Crippen MR) is 67.4 cm³/mol. The second kappa shape index (κ2) is 5.64. The van der Waals surface area contributed by atoms with E-state index in [0.29, 0.717) is 12.3 Å². The Hall–Kier alpha value is -1.88. The minimum atomic E-state index is -0.374. The molecule has 0 spiro atoms. The fourth-order valence-electron chi connectivity index (χ4n) is 1.76. The Morgan fingerprint density at radius 1 is 1.44 bits per heavy atom. The molecule has 0 saturated carbocycles. The summed E-state index contributed by atoms with van der Waals surface area (Å²) in [5.74, 6) is 0.000527. The van der Waals surface area contributed by atoms with Crippen LogP contribution in [0, 0.1) is 0 Å². The number of amides is 1. The molecule has 2 N–H and O–H groups in total. The largest absolute Gasteiger partial charge is 0.508 e. The Kier molecular flexibility index (Phi) is 3.94. The molecular weight excluding hydrogens is 232 g/mol. The van der Waals surface area contributed by atoms with Gasteiger partial charge in [-0.1, -0.05) is 0 Å². The molecule has 1 saturated heterocycles. The second-order valence-corrected chi connectivity index (χ2v) is 4.22. The SMILES string of the molecule is C/C(=N\NC(=O)C1CCCO1)c1ccc(O)cc1. The summed E-state index contributed by atoms with van der Waals surface area (Å²) in [4.78, 5) is 11.7. The molecule has 0 radical (unpaired) electrons. The Balaban J connectivity index is 1.95. The van der Waals surface area contributed by atoms with Crippen LogP contribution in [0.25, 0.3) is 0 Å². The maximum absolute atomic E-state index is 11.7. The highest BCUT2D eigenvalue weighted by atomic mass is 16.5. The third-order valence-electron chi connectivity index (χ3n) is 2.84. The molecule has 5 heteroatoms. The number of carbonyl (C=O) groups excluding carboxylic acids is 1. The predicted octanol–water partition coefficient (Wildman–Crippen LogP) is 1.41. The van der Waals surface area contributed by atoms with Crippen molar-refractivity contribution in [3.05, 3.63) is 29.8 Å². The van der Waals surface area contributed by atoms with Gasteiger partial charge >= 0.3 is 0 Å². The number of aromatic hydroxyl groups is 1. The Morgan fingerprint density at radius 3 is 2.78 bits per heavy atom. The summed E-state index contributed by atoms with van der Waals surface area (Å²) in [6, 6.07) is 6.64. The average molecular weight is 248 g/mol. The molecule has 1 unspecified atom stereocenters. The first-order valence-corrected chi connectivity index (χ1v) is 5.92. The summed E-state index contributed by atoms with van der Waals surface area (Å²) in [5, 5.41) is 13.2. The van der Waals surface area contributed by atoms with Crippen molar-refractivity contribution in [1.29, 1.82) is 0 Å². The van der Waals surface area contributed by atoms with Crippen LogP contribution in [0.2, 0.25) is 0 Å². The first kappa shape index (κ1) is 12.6. The van der Waals surface area contributed by atoms with Crippen molar-refractivity contribution < 1.29 is 14.6 Å². The van der Waals surface area contributed by atoms with Crippen molar-refractivity contribution in [2.24, 2.45) is 5.10 Å². The highest BCUT2D eigenvalue weighted by Crippen LogP contribution is 2.12. The molecule has 0 bridgehead atoms. The van der Waals surface area contributed by atoms with E-state index in [2.05, 4.69) is 10.5 Å². The number of carbonyl (C=O) groups is 1. The van der Waals surface area contributed by atoms with Gasteiger partial charge in [0.25, 0.3) is 5.91 Å². The summed E-state index contributed by atoms with van der Waals surface area (Å²) in [6.07, 6.45) is 1.29. The zero-order valence-corrected chi connectivity index (χ0v) is 10.2. The Bertz CT molecular complexity index is 448. The topological polar surface area (TPSA) is 70.9 Å². The minimum Gasteiger partial charge on any atom is -0.508 e. The van der Waals surface area contributed by atoms with Crippen molar-refractivity contribution in [2.75, 3.05) is 6.61 Å². The van der Waals surface area contributed by atoms with Crippen molar-refractivity contribution in [3.63, 3.8) is 0 Å². The number of hydrazone groups is 1. The van der Waals surface area contributed by atoms with Crippen LogP contribution in [0.5, 0.6) is 5.75 Å². The molecule has 1 aromatic rings. The van der Waals surface area contributed by atoms with E-state index >= 15 is 0 Å². The van der Waals surface area contributed by atoms with Gasteiger partial charge in [0.2, 0.25) is 0 Å². The third-order valence-corrected chi connectivity index (χ3v) is 2.84. The van der Waals surface area contributed by atoms with Gasteiger partial charge in [-0.25, -0.2) is 5.43 Å². The van der Waals surface area contributed by atoms with Crippen LogP contribution in [-0.4, -0.2) is 29.4 Å². The van der Waals surface area contributed by atoms with Gasteiger partial charge in [0.05, 0.1) is 5.71 Å². The summed E-state index contributed by atoms with van der Waals surface area (Å²) >= 11 is 0. The molecule has 1 atom stereocenters. The molecule has 1 heterocycles. The molecule has 1 aromatic carbocycles. The molecule has 1 amide bonds. The molecule has 5 nitrogen and oxygen atoms in total. The monoisotopic (exact) mass is 248 g/mol. The van der Waals surface area contributed by atoms with E-state index in [1.54, 1.807) is 31.2 Å². The molecule has 0 aromatic heterocycles. The van der Waals surface area contributed by atoms with Crippen LogP contribution in [-0.2, 0) is 9.53 Å². The van der Waals surface area contributed by atoms with Gasteiger partial charge in [-0.15, -0.1) is 0 Å². The van der Waals surface area contributed by atoms with Gasteiger partial charge in [0, 0.05) is 6.61 Å². The van der Waals surface area contributed by atoms with Crippen molar-refractivity contribution in [3.8, 4) is 5.75 Å². The van der Waals surface area contributed by atoms with E-state index in [1.807, 2.05) is 0 Å². The fraction of sp³-hybridized carbons (Fsp3) is 0.385. The number of nitrogens with zero attached hydrogens (tertiary/aromatic N) is 1. The Morgan fingerprint density at radius 2 is 2.17 bits per heavy atom. The number of phenolic OH excluding ortho intramolecular Hbond substituents is 1. The first-order chi connectivity index (χ1) is 8.66. The van der Waals surface area contributed by atoms with E-state index < -0.39 is 0 Å². The quantitative estimate of drug-likeness (QED) is 0.627. The molecular formula is C13H16N2O3. The molecule has 1 aliphatic rings. The summed E-state index contributed by atoms with van der Waals surface area (Å²) in [7, 11) is 0. The van der Waals surface area contributed by atoms with Crippen LogP contribution in [0.4, 0.5) is 0 Å². The number of hydrogen-bond acceptors (Lipinski definition) is 4. The van der Waals surface area contributed by atoms with Gasteiger partial charge in [-0.3, -0.25) is 4.79 Å². The van der Waals surface area contributed by atoms with Crippen LogP contribution in [0.15, 0.2) is 29.4 Å². The number of nitrogens with one attached hydrogen (secondary N) is 1. The molecule has 18 heavy (non-hydrogen) atoms. The zero-order valence-electron chi connectivity index (χ0n) is 10.2. The fourth-order valence-corrected chi connectivity index (χ4v) is 1.76. The lowest BCUT2D eigenvalue weighted by Crippen LogP contribution is -2.31. The van der Waals surface area contributed by atoms with Crippen LogP contribution >= 0.6 is 0 Å².